The van der Waals surface area contributed by atoms with E-state index in [9.17, 15) is 9.59 Å². The molecule has 166 valence electrons. The van der Waals surface area contributed by atoms with E-state index in [0.29, 0.717) is 17.2 Å². The standard InChI is InChI=1S/C20H21Cl2N3O6/c1-10(26)18(25-24-13-8-11(28-2)9-15(30-4)16(13)21)20(27)23-12-6-7-14(29-3)19(31-5)17(12)22/h6-9,18H,1-5H3,(H,23,27). The minimum atomic E-state index is -1.45. The monoisotopic (exact) mass is 469 g/mol. The van der Waals surface area contributed by atoms with Gasteiger partial charge in [0.25, 0.3) is 5.91 Å². The fourth-order valence-electron chi connectivity index (χ4n) is 2.52. The van der Waals surface area contributed by atoms with Crippen LogP contribution in [0.25, 0.3) is 0 Å². The first-order chi connectivity index (χ1) is 14.8. The smallest absolute Gasteiger partial charge is 0.258 e. The summed E-state index contributed by atoms with van der Waals surface area (Å²) in [6.07, 6.45) is 0. The SMILES string of the molecule is COc1cc(N=NC(C(C)=O)C(=O)Nc2ccc(OC)c(OC)c2Cl)c(Cl)c(OC)c1. The van der Waals surface area contributed by atoms with E-state index >= 15 is 0 Å². The van der Waals surface area contributed by atoms with Crippen LogP contribution in [0.3, 0.4) is 0 Å². The van der Waals surface area contributed by atoms with Crippen molar-refractivity contribution in [3.63, 3.8) is 0 Å². The number of nitrogens with one attached hydrogen (secondary N) is 1. The number of methoxy groups -OCH3 is 4. The topological polar surface area (TPSA) is 108 Å². The summed E-state index contributed by atoms with van der Waals surface area (Å²) in [6, 6.07) is 4.69. The van der Waals surface area contributed by atoms with E-state index in [1.165, 1.54) is 47.5 Å². The Hall–Kier alpha value is -3.04. The Kier molecular flexibility index (Phi) is 8.47. The molecule has 0 aliphatic rings. The first-order valence-corrected chi connectivity index (χ1v) is 9.57. The van der Waals surface area contributed by atoms with Gasteiger partial charge in [0.1, 0.15) is 27.2 Å². The molecule has 1 unspecified atom stereocenters. The van der Waals surface area contributed by atoms with Crippen molar-refractivity contribution in [2.45, 2.75) is 13.0 Å². The maximum absolute atomic E-state index is 12.7. The summed E-state index contributed by atoms with van der Waals surface area (Å²) in [4.78, 5) is 24.8. The van der Waals surface area contributed by atoms with Crippen LogP contribution < -0.4 is 24.3 Å². The molecule has 2 rings (SSSR count). The summed E-state index contributed by atoms with van der Waals surface area (Å²) in [7, 11) is 5.76. The molecule has 2 aromatic carbocycles. The maximum atomic E-state index is 12.7. The zero-order valence-corrected chi connectivity index (χ0v) is 19.0. The molecular formula is C20H21Cl2N3O6. The van der Waals surface area contributed by atoms with Crippen LogP contribution >= 0.6 is 23.2 Å². The van der Waals surface area contributed by atoms with Gasteiger partial charge in [0.05, 0.1) is 34.1 Å². The van der Waals surface area contributed by atoms with Gasteiger partial charge in [-0.25, -0.2) is 0 Å². The van der Waals surface area contributed by atoms with Gasteiger partial charge in [0.2, 0.25) is 6.04 Å². The van der Waals surface area contributed by atoms with Crippen LogP contribution in [0.15, 0.2) is 34.5 Å². The number of rotatable bonds is 9. The van der Waals surface area contributed by atoms with Crippen LogP contribution in [-0.4, -0.2) is 46.2 Å². The molecule has 1 N–H and O–H groups in total. The van der Waals surface area contributed by atoms with E-state index < -0.39 is 17.7 Å². The number of carbonyl (C=O) groups excluding carboxylic acids is 2. The zero-order chi connectivity index (χ0) is 23.1. The maximum Gasteiger partial charge on any atom is 0.258 e. The summed E-state index contributed by atoms with van der Waals surface area (Å²) < 4.78 is 20.7. The van der Waals surface area contributed by atoms with Crippen LogP contribution in [0.1, 0.15) is 6.92 Å². The Morgan fingerprint density at radius 2 is 1.61 bits per heavy atom. The second-order valence-electron chi connectivity index (χ2n) is 6.04. The molecule has 0 aliphatic carbocycles. The van der Waals surface area contributed by atoms with Crippen LogP contribution in [0, 0.1) is 0 Å². The Morgan fingerprint density at radius 1 is 0.935 bits per heavy atom. The lowest BCUT2D eigenvalue weighted by molar-refractivity contribution is -0.126. The Morgan fingerprint density at radius 3 is 2.16 bits per heavy atom. The minimum absolute atomic E-state index is 0.106. The molecule has 0 fully saturated rings. The van der Waals surface area contributed by atoms with Crippen molar-refractivity contribution in [3.05, 3.63) is 34.3 Å². The highest BCUT2D eigenvalue weighted by Crippen LogP contribution is 2.40. The highest BCUT2D eigenvalue weighted by atomic mass is 35.5. The first kappa shape index (κ1) is 24.2. The number of ether oxygens (including phenoxy) is 4. The molecule has 1 amide bonds. The Bertz CT molecular complexity index is 1010. The second-order valence-corrected chi connectivity index (χ2v) is 6.80. The number of carbonyl (C=O) groups is 2. The number of ketones is 1. The molecule has 0 saturated heterocycles. The largest absolute Gasteiger partial charge is 0.497 e. The molecular weight excluding hydrogens is 449 g/mol. The highest BCUT2D eigenvalue weighted by molar-refractivity contribution is 6.35. The van der Waals surface area contributed by atoms with E-state index in [1.54, 1.807) is 12.1 Å². The first-order valence-electron chi connectivity index (χ1n) is 8.81. The van der Waals surface area contributed by atoms with E-state index in [-0.39, 0.29) is 27.2 Å². The zero-order valence-electron chi connectivity index (χ0n) is 17.5. The molecule has 0 radical (unpaired) electrons. The highest BCUT2D eigenvalue weighted by Gasteiger charge is 2.25. The second kappa shape index (κ2) is 10.8. The summed E-state index contributed by atoms with van der Waals surface area (Å²) >= 11 is 12.5. The van der Waals surface area contributed by atoms with Gasteiger partial charge in [-0.3, -0.25) is 9.59 Å². The fraction of sp³-hybridized carbons (Fsp3) is 0.300. The number of hydrogen-bond donors (Lipinski definition) is 1. The number of Topliss-reactive ketones (excluding diaryl/α,β-unsaturated/α-hetero) is 1. The van der Waals surface area contributed by atoms with Gasteiger partial charge in [0, 0.05) is 12.1 Å². The minimum Gasteiger partial charge on any atom is -0.497 e. The molecule has 11 heteroatoms. The van der Waals surface area contributed by atoms with E-state index in [2.05, 4.69) is 15.5 Å². The predicted octanol–water partition coefficient (Wildman–Crippen LogP) is 4.71. The van der Waals surface area contributed by atoms with Crippen molar-refractivity contribution < 1.29 is 28.5 Å². The van der Waals surface area contributed by atoms with Crippen LogP contribution in [0.5, 0.6) is 23.0 Å². The number of halogens is 2. The average Bonchev–Trinajstić information content (AvgIpc) is 2.75. The molecule has 0 aromatic heterocycles. The molecule has 2 aromatic rings. The molecule has 0 heterocycles. The molecule has 0 spiro atoms. The van der Waals surface area contributed by atoms with Crippen molar-refractivity contribution in [2.24, 2.45) is 10.2 Å². The fourth-order valence-corrected chi connectivity index (χ4v) is 3.03. The van der Waals surface area contributed by atoms with Gasteiger partial charge in [-0.15, -0.1) is 0 Å². The summed E-state index contributed by atoms with van der Waals surface area (Å²) in [5.41, 5.74) is 0.382. The van der Waals surface area contributed by atoms with E-state index in [0.717, 1.165) is 0 Å². The normalized spacial score (nSPS) is 11.7. The third-order valence-corrected chi connectivity index (χ3v) is 4.86. The van der Waals surface area contributed by atoms with Crippen molar-refractivity contribution in [3.8, 4) is 23.0 Å². The Labute approximate surface area is 189 Å². The van der Waals surface area contributed by atoms with Crippen LogP contribution in [-0.2, 0) is 9.59 Å². The lowest BCUT2D eigenvalue weighted by atomic mass is 10.2. The summed E-state index contributed by atoms with van der Waals surface area (Å²) in [6.45, 7) is 1.22. The number of nitrogens with zero attached hydrogens (tertiary/aromatic N) is 2. The van der Waals surface area contributed by atoms with Gasteiger partial charge in [-0.1, -0.05) is 23.2 Å². The van der Waals surface area contributed by atoms with Gasteiger partial charge in [-0.05, 0) is 19.1 Å². The molecule has 0 aliphatic heterocycles. The number of amides is 1. The van der Waals surface area contributed by atoms with Gasteiger partial charge < -0.3 is 24.3 Å². The van der Waals surface area contributed by atoms with Crippen LogP contribution in [0.4, 0.5) is 11.4 Å². The lowest BCUT2D eigenvalue weighted by Gasteiger charge is -2.15. The third kappa shape index (κ3) is 5.56. The summed E-state index contributed by atoms with van der Waals surface area (Å²) in [5, 5.41) is 10.6. The average molecular weight is 470 g/mol. The predicted molar refractivity (Wildman–Crippen MR) is 117 cm³/mol. The van der Waals surface area contributed by atoms with Gasteiger partial charge in [0.15, 0.2) is 17.3 Å². The number of benzene rings is 2. The van der Waals surface area contributed by atoms with E-state index in [4.69, 9.17) is 42.1 Å². The van der Waals surface area contributed by atoms with Gasteiger partial charge >= 0.3 is 0 Å². The molecule has 1 atom stereocenters. The van der Waals surface area contributed by atoms with Crippen molar-refractivity contribution in [1.29, 1.82) is 0 Å². The third-order valence-electron chi connectivity index (χ3n) is 4.11. The molecule has 0 saturated carbocycles. The molecule has 9 nitrogen and oxygen atoms in total. The molecule has 31 heavy (non-hydrogen) atoms. The van der Waals surface area contributed by atoms with Gasteiger partial charge in [-0.2, -0.15) is 10.2 Å². The summed E-state index contributed by atoms with van der Waals surface area (Å²) in [5.74, 6) is 0.0559. The Balaban J connectivity index is 2.34. The number of hydrogen-bond acceptors (Lipinski definition) is 8. The van der Waals surface area contributed by atoms with Crippen molar-refractivity contribution in [1.82, 2.24) is 0 Å². The lowest BCUT2D eigenvalue weighted by Crippen LogP contribution is -2.32. The number of azo groups is 1. The number of anilines is 1. The van der Waals surface area contributed by atoms with Crippen molar-refractivity contribution >= 4 is 46.3 Å². The van der Waals surface area contributed by atoms with Crippen molar-refractivity contribution in [2.75, 3.05) is 33.8 Å². The quantitative estimate of drug-likeness (QED) is 0.420. The van der Waals surface area contributed by atoms with Crippen LogP contribution in [0.2, 0.25) is 10.0 Å². The molecule has 0 bridgehead atoms. The van der Waals surface area contributed by atoms with E-state index in [1.807, 2.05) is 0 Å².